The van der Waals surface area contributed by atoms with Gasteiger partial charge in [-0.3, -0.25) is 9.52 Å². The molecule has 0 spiro atoms. The van der Waals surface area contributed by atoms with E-state index in [2.05, 4.69) is 25.2 Å². The van der Waals surface area contributed by atoms with Crippen molar-refractivity contribution in [1.29, 1.82) is 0 Å². The maximum Gasteiger partial charge on any atom is 0.275 e. The number of carbonyl (C=O) groups is 1. The van der Waals surface area contributed by atoms with Gasteiger partial charge in [-0.2, -0.15) is 0 Å². The average molecular weight is 458 g/mol. The van der Waals surface area contributed by atoms with Crippen LogP contribution in [0.15, 0.2) is 53.9 Å². The molecule has 1 aromatic heterocycles. The molecule has 1 aliphatic heterocycles. The molecule has 2 heterocycles. The van der Waals surface area contributed by atoms with Crippen LogP contribution >= 0.6 is 11.3 Å². The Morgan fingerprint density at radius 3 is 2.52 bits per heavy atom. The minimum absolute atomic E-state index is 0.263. The topological polar surface area (TPSA) is 103 Å². The van der Waals surface area contributed by atoms with Gasteiger partial charge >= 0.3 is 0 Å². The summed E-state index contributed by atoms with van der Waals surface area (Å²) in [5.41, 5.74) is 3.39. The molecule has 1 amide bonds. The predicted octanol–water partition coefficient (Wildman–Crippen LogP) is 2.84. The maximum absolute atomic E-state index is 12.8. The van der Waals surface area contributed by atoms with Crippen molar-refractivity contribution in [3.05, 3.63) is 59.6 Å². The molecule has 162 valence electrons. The lowest BCUT2D eigenvalue weighted by Gasteiger charge is -2.31. The average Bonchev–Trinajstić information content (AvgIpc) is 3.25. The highest BCUT2D eigenvalue weighted by atomic mass is 32.2. The van der Waals surface area contributed by atoms with E-state index in [4.69, 9.17) is 0 Å². The number of rotatable bonds is 6. The van der Waals surface area contributed by atoms with E-state index < -0.39 is 10.0 Å². The van der Waals surface area contributed by atoms with Gasteiger partial charge in [0.05, 0.1) is 17.6 Å². The first-order valence-corrected chi connectivity index (χ1v) is 12.6. The molecule has 4 rings (SSSR count). The first-order chi connectivity index (χ1) is 14.9. The molecule has 3 N–H and O–H groups in total. The Kier molecular flexibility index (Phi) is 6.21. The molecule has 1 aliphatic rings. The van der Waals surface area contributed by atoms with E-state index in [9.17, 15) is 13.2 Å². The Hall–Kier alpha value is -2.95. The fourth-order valence-electron chi connectivity index (χ4n) is 3.35. The highest BCUT2D eigenvalue weighted by Gasteiger charge is 2.17. The van der Waals surface area contributed by atoms with Crippen LogP contribution in [0.3, 0.4) is 0 Å². The fraction of sp³-hybridized carbons (Fsp3) is 0.238. The Balaban J connectivity index is 1.48. The largest absolute Gasteiger partial charge is 0.367 e. The lowest BCUT2D eigenvalue weighted by molar-refractivity contribution is 0.102. The van der Waals surface area contributed by atoms with E-state index in [0.29, 0.717) is 16.4 Å². The molecule has 0 atom stereocenters. The van der Waals surface area contributed by atoms with Crippen LogP contribution in [-0.2, 0) is 10.0 Å². The van der Waals surface area contributed by atoms with Gasteiger partial charge in [-0.25, -0.2) is 13.4 Å². The van der Waals surface area contributed by atoms with E-state index in [0.717, 1.165) is 49.4 Å². The van der Waals surface area contributed by atoms with Crippen molar-refractivity contribution in [2.75, 3.05) is 47.4 Å². The second-order valence-electron chi connectivity index (χ2n) is 7.20. The van der Waals surface area contributed by atoms with E-state index in [-0.39, 0.29) is 5.91 Å². The summed E-state index contributed by atoms with van der Waals surface area (Å²) in [4.78, 5) is 19.6. The molecule has 1 saturated heterocycles. The third-order valence-corrected chi connectivity index (χ3v) is 6.28. The van der Waals surface area contributed by atoms with Crippen molar-refractivity contribution >= 4 is 44.3 Å². The zero-order valence-corrected chi connectivity index (χ0v) is 18.6. The SMILES string of the molecule is CS(=O)(=O)Nc1ccc(-c2nc(C(=O)Nc3ccccc3N3CCNCC3)cs2)cc1. The number of nitrogens with zero attached hydrogens (tertiary/aromatic N) is 2. The molecule has 8 nitrogen and oxygen atoms in total. The van der Waals surface area contributed by atoms with Crippen molar-refractivity contribution in [1.82, 2.24) is 10.3 Å². The third kappa shape index (κ3) is 5.40. The summed E-state index contributed by atoms with van der Waals surface area (Å²) in [6.07, 6.45) is 1.10. The van der Waals surface area contributed by atoms with Crippen LogP contribution in [0.5, 0.6) is 0 Å². The third-order valence-electron chi connectivity index (χ3n) is 4.78. The highest BCUT2D eigenvalue weighted by molar-refractivity contribution is 7.92. The number of para-hydroxylation sites is 2. The smallest absolute Gasteiger partial charge is 0.275 e. The monoisotopic (exact) mass is 457 g/mol. The summed E-state index contributed by atoms with van der Waals surface area (Å²) in [7, 11) is -3.33. The van der Waals surface area contributed by atoms with Gasteiger partial charge in [0.2, 0.25) is 10.0 Å². The lowest BCUT2D eigenvalue weighted by atomic mass is 10.2. The zero-order valence-electron chi connectivity index (χ0n) is 17.0. The number of benzene rings is 2. The fourth-order valence-corrected chi connectivity index (χ4v) is 4.72. The molecule has 3 aromatic rings. The van der Waals surface area contributed by atoms with Crippen molar-refractivity contribution in [3.8, 4) is 10.6 Å². The lowest BCUT2D eigenvalue weighted by Crippen LogP contribution is -2.43. The summed E-state index contributed by atoms with van der Waals surface area (Å²) >= 11 is 1.36. The maximum atomic E-state index is 12.8. The molecule has 0 saturated carbocycles. The standard InChI is InChI=1S/C21H23N5O3S2/c1-31(28,29)25-16-8-6-15(7-9-16)21-24-18(14-30-21)20(27)23-17-4-2-3-5-19(17)26-12-10-22-11-13-26/h2-9,14,22,25H,10-13H2,1H3,(H,23,27). The van der Waals surface area contributed by atoms with Gasteiger partial charge in [-0.15, -0.1) is 11.3 Å². The summed E-state index contributed by atoms with van der Waals surface area (Å²) in [5, 5.41) is 8.73. The first-order valence-electron chi connectivity index (χ1n) is 9.79. The van der Waals surface area contributed by atoms with E-state index in [1.807, 2.05) is 24.3 Å². The van der Waals surface area contributed by atoms with Crippen LogP contribution in [0, 0.1) is 0 Å². The minimum Gasteiger partial charge on any atom is -0.367 e. The molecule has 0 unspecified atom stereocenters. The number of anilines is 3. The zero-order chi connectivity index (χ0) is 21.8. The number of sulfonamides is 1. The van der Waals surface area contributed by atoms with Crippen molar-refractivity contribution in [3.63, 3.8) is 0 Å². The number of amides is 1. The van der Waals surface area contributed by atoms with Gasteiger partial charge in [-0.05, 0) is 36.4 Å². The molecular formula is C21H23N5O3S2. The summed E-state index contributed by atoms with van der Waals surface area (Å²) in [5.74, 6) is -0.263. The van der Waals surface area contributed by atoms with Crippen LogP contribution in [0.25, 0.3) is 10.6 Å². The molecule has 31 heavy (non-hydrogen) atoms. The van der Waals surface area contributed by atoms with Crippen LogP contribution in [-0.4, -0.2) is 51.7 Å². The number of aromatic nitrogens is 1. The van der Waals surface area contributed by atoms with Crippen molar-refractivity contribution in [2.45, 2.75) is 0 Å². The van der Waals surface area contributed by atoms with Gasteiger partial charge in [0.1, 0.15) is 10.7 Å². The van der Waals surface area contributed by atoms with Gasteiger partial charge < -0.3 is 15.5 Å². The molecule has 10 heteroatoms. The second-order valence-corrected chi connectivity index (χ2v) is 9.80. The van der Waals surface area contributed by atoms with Crippen LogP contribution in [0.4, 0.5) is 17.1 Å². The minimum atomic E-state index is -3.33. The van der Waals surface area contributed by atoms with E-state index in [1.54, 1.807) is 29.6 Å². The van der Waals surface area contributed by atoms with Crippen molar-refractivity contribution in [2.24, 2.45) is 0 Å². The number of piperazine rings is 1. The van der Waals surface area contributed by atoms with Gasteiger partial charge in [0.25, 0.3) is 5.91 Å². The second kappa shape index (κ2) is 9.04. The number of carbonyl (C=O) groups excluding carboxylic acids is 1. The quantitative estimate of drug-likeness (QED) is 0.526. The molecule has 1 fully saturated rings. The van der Waals surface area contributed by atoms with Gasteiger partial charge in [-0.1, -0.05) is 12.1 Å². The van der Waals surface area contributed by atoms with Crippen LogP contribution in [0.2, 0.25) is 0 Å². The Bertz CT molecular complexity index is 1170. The summed E-state index contributed by atoms with van der Waals surface area (Å²) < 4.78 is 25.1. The van der Waals surface area contributed by atoms with E-state index in [1.165, 1.54) is 11.3 Å². The normalized spacial score (nSPS) is 14.3. The van der Waals surface area contributed by atoms with Crippen LogP contribution in [0.1, 0.15) is 10.5 Å². The number of thiazole rings is 1. The van der Waals surface area contributed by atoms with Gasteiger partial charge in [0, 0.05) is 42.8 Å². The molecule has 0 radical (unpaired) electrons. The van der Waals surface area contributed by atoms with Crippen LogP contribution < -0.4 is 20.3 Å². The number of hydrogen-bond donors (Lipinski definition) is 3. The molecule has 2 aromatic carbocycles. The van der Waals surface area contributed by atoms with Crippen molar-refractivity contribution < 1.29 is 13.2 Å². The predicted molar refractivity (Wildman–Crippen MR) is 125 cm³/mol. The summed E-state index contributed by atoms with van der Waals surface area (Å²) in [6.45, 7) is 3.60. The van der Waals surface area contributed by atoms with Gasteiger partial charge in [0.15, 0.2) is 0 Å². The molecule has 0 aliphatic carbocycles. The highest BCUT2D eigenvalue weighted by Crippen LogP contribution is 2.28. The summed E-state index contributed by atoms with van der Waals surface area (Å²) in [6, 6.07) is 14.7. The first kappa shape index (κ1) is 21.3. The van der Waals surface area contributed by atoms with E-state index >= 15 is 0 Å². The molecule has 0 bridgehead atoms. The Labute approximate surface area is 185 Å². The number of nitrogens with one attached hydrogen (secondary N) is 3. The Morgan fingerprint density at radius 2 is 1.81 bits per heavy atom. The number of hydrogen-bond acceptors (Lipinski definition) is 7. The molecular weight excluding hydrogens is 434 g/mol. The Morgan fingerprint density at radius 1 is 1.10 bits per heavy atom.